The van der Waals surface area contributed by atoms with Gasteiger partial charge in [-0.1, -0.05) is 6.07 Å². The first-order valence-electron chi connectivity index (χ1n) is 6.06. The molecule has 19 heavy (non-hydrogen) atoms. The molecule has 0 radical (unpaired) electrons. The Morgan fingerprint density at radius 1 is 1.47 bits per heavy atom. The van der Waals surface area contributed by atoms with Crippen LogP contribution in [-0.4, -0.2) is 18.0 Å². The van der Waals surface area contributed by atoms with Crippen molar-refractivity contribution >= 4 is 27.3 Å². The van der Waals surface area contributed by atoms with Crippen LogP contribution in [0, 0.1) is 12.7 Å². The van der Waals surface area contributed by atoms with Crippen molar-refractivity contribution in [3.8, 4) is 0 Å². The molecule has 0 saturated carbocycles. The number of halogens is 1. The maximum Gasteiger partial charge on any atom is 0.262 e. The quantitative estimate of drug-likeness (QED) is 0.908. The summed E-state index contributed by atoms with van der Waals surface area (Å²) in [6.07, 6.45) is 0. The highest BCUT2D eigenvalue weighted by molar-refractivity contribution is 7.21. The molecule has 1 aromatic carbocycles. The zero-order valence-corrected chi connectivity index (χ0v) is 12.0. The predicted molar refractivity (Wildman–Crippen MR) is 77.1 cm³/mol. The maximum absolute atomic E-state index is 13.8. The van der Waals surface area contributed by atoms with Crippen LogP contribution in [0.25, 0.3) is 10.1 Å². The smallest absolute Gasteiger partial charge is 0.262 e. The SMILES string of the molecule is Cc1c(C(=O)NC(C)(C)CN)sc2cccc(F)c12. The fourth-order valence-corrected chi connectivity index (χ4v) is 3.00. The Morgan fingerprint density at radius 3 is 2.74 bits per heavy atom. The summed E-state index contributed by atoms with van der Waals surface area (Å²) in [7, 11) is 0. The summed E-state index contributed by atoms with van der Waals surface area (Å²) in [4.78, 5) is 12.8. The Hall–Kier alpha value is -1.46. The largest absolute Gasteiger partial charge is 0.345 e. The third-order valence-electron chi connectivity index (χ3n) is 3.07. The van der Waals surface area contributed by atoms with Gasteiger partial charge in [0.1, 0.15) is 5.82 Å². The number of amides is 1. The van der Waals surface area contributed by atoms with Gasteiger partial charge in [0.05, 0.1) is 4.88 Å². The second-order valence-corrected chi connectivity index (χ2v) is 6.26. The van der Waals surface area contributed by atoms with E-state index in [0.717, 1.165) is 4.70 Å². The number of carbonyl (C=O) groups is 1. The molecular formula is C14H17FN2OS. The van der Waals surface area contributed by atoms with E-state index in [2.05, 4.69) is 5.32 Å². The summed E-state index contributed by atoms with van der Waals surface area (Å²) >= 11 is 1.30. The van der Waals surface area contributed by atoms with Gasteiger partial charge in [0, 0.05) is 22.2 Å². The third kappa shape index (κ3) is 2.62. The van der Waals surface area contributed by atoms with Crippen molar-refractivity contribution in [2.75, 3.05) is 6.54 Å². The van der Waals surface area contributed by atoms with E-state index in [4.69, 9.17) is 5.73 Å². The summed E-state index contributed by atoms with van der Waals surface area (Å²) < 4.78 is 14.6. The van der Waals surface area contributed by atoms with Gasteiger partial charge in [0.15, 0.2) is 0 Å². The van der Waals surface area contributed by atoms with Gasteiger partial charge < -0.3 is 11.1 Å². The molecule has 0 saturated heterocycles. The van der Waals surface area contributed by atoms with Gasteiger partial charge in [0.2, 0.25) is 0 Å². The van der Waals surface area contributed by atoms with Gasteiger partial charge in [-0.25, -0.2) is 4.39 Å². The van der Waals surface area contributed by atoms with E-state index in [1.807, 2.05) is 19.9 Å². The van der Waals surface area contributed by atoms with Gasteiger partial charge in [-0.05, 0) is 38.5 Å². The summed E-state index contributed by atoms with van der Waals surface area (Å²) in [5, 5.41) is 3.40. The molecule has 1 amide bonds. The highest BCUT2D eigenvalue weighted by atomic mass is 32.1. The van der Waals surface area contributed by atoms with Crippen molar-refractivity contribution in [2.24, 2.45) is 5.73 Å². The van der Waals surface area contributed by atoms with Crippen molar-refractivity contribution in [3.05, 3.63) is 34.5 Å². The molecule has 0 aliphatic rings. The number of carbonyl (C=O) groups excluding carboxylic acids is 1. The van der Waals surface area contributed by atoms with Gasteiger partial charge in [-0.15, -0.1) is 11.3 Å². The van der Waals surface area contributed by atoms with Crippen LogP contribution < -0.4 is 11.1 Å². The van der Waals surface area contributed by atoms with Crippen molar-refractivity contribution in [2.45, 2.75) is 26.3 Å². The molecule has 0 unspecified atom stereocenters. The lowest BCUT2D eigenvalue weighted by molar-refractivity contribution is 0.0919. The summed E-state index contributed by atoms with van der Waals surface area (Å²) in [5.41, 5.74) is 5.81. The first-order chi connectivity index (χ1) is 8.85. The molecule has 2 rings (SSSR count). The average Bonchev–Trinajstić information content (AvgIpc) is 2.68. The number of hydrogen-bond donors (Lipinski definition) is 2. The summed E-state index contributed by atoms with van der Waals surface area (Å²) in [6.45, 7) is 5.82. The zero-order chi connectivity index (χ0) is 14.2. The molecule has 0 aliphatic heterocycles. The van der Waals surface area contributed by atoms with Crippen molar-refractivity contribution in [1.82, 2.24) is 5.32 Å². The van der Waals surface area contributed by atoms with E-state index in [9.17, 15) is 9.18 Å². The van der Waals surface area contributed by atoms with Crippen molar-refractivity contribution in [1.29, 1.82) is 0 Å². The third-order valence-corrected chi connectivity index (χ3v) is 4.33. The molecule has 3 nitrogen and oxygen atoms in total. The fraction of sp³-hybridized carbons (Fsp3) is 0.357. The molecule has 2 aromatic rings. The first-order valence-corrected chi connectivity index (χ1v) is 6.87. The molecule has 0 spiro atoms. The van der Waals surface area contributed by atoms with Crippen LogP contribution in [0.15, 0.2) is 18.2 Å². The maximum atomic E-state index is 13.8. The number of aryl methyl sites for hydroxylation is 1. The molecule has 5 heteroatoms. The Bertz CT molecular complexity index is 634. The van der Waals surface area contributed by atoms with Crippen LogP contribution in [0.4, 0.5) is 4.39 Å². The number of rotatable bonds is 3. The van der Waals surface area contributed by atoms with Gasteiger partial charge >= 0.3 is 0 Å². The minimum Gasteiger partial charge on any atom is -0.345 e. The molecule has 1 aromatic heterocycles. The monoisotopic (exact) mass is 280 g/mol. The highest BCUT2D eigenvalue weighted by Gasteiger charge is 2.23. The molecule has 0 bridgehead atoms. The highest BCUT2D eigenvalue weighted by Crippen LogP contribution is 2.32. The Morgan fingerprint density at radius 2 is 2.16 bits per heavy atom. The molecular weight excluding hydrogens is 263 g/mol. The Balaban J connectivity index is 2.44. The Kier molecular flexibility index (Phi) is 3.60. The van der Waals surface area contributed by atoms with Crippen LogP contribution in [-0.2, 0) is 0 Å². The van der Waals surface area contributed by atoms with Gasteiger partial charge in [0.25, 0.3) is 5.91 Å². The number of nitrogens with one attached hydrogen (secondary N) is 1. The van der Waals surface area contributed by atoms with Gasteiger partial charge in [-0.3, -0.25) is 4.79 Å². The second-order valence-electron chi connectivity index (χ2n) is 5.21. The minimum absolute atomic E-state index is 0.200. The normalized spacial score (nSPS) is 11.8. The topological polar surface area (TPSA) is 55.1 Å². The number of nitrogens with two attached hydrogens (primary N) is 1. The fourth-order valence-electron chi connectivity index (χ4n) is 1.89. The van der Waals surface area contributed by atoms with Gasteiger partial charge in [-0.2, -0.15) is 0 Å². The molecule has 0 aliphatic carbocycles. The van der Waals surface area contributed by atoms with Crippen LogP contribution in [0.5, 0.6) is 0 Å². The van der Waals surface area contributed by atoms with Crippen molar-refractivity contribution < 1.29 is 9.18 Å². The van der Waals surface area contributed by atoms with E-state index in [-0.39, 0.29) is 11.7 Å². The lowest BCUT2D eigenvalue weighted by Gasteiger charge is -2.23. The van der Waals surface area contributed by atoms with E-state index in [0.29, 0.717) is 22.4 Å². The number of fused-ring (bicyclic) bond motifs is 1. The van der Waals surface area contributed by atoms with Crippen LogP contribution in [0.1, 0.15) is 29.1 Å². The van der Waals surface area contributed by atoms with Crippen LogP contribution >= 0.6 is 11.3 Å². The lowest BCUT2D eigenvalue weighted by atomic mass is 10.1. The molecule has 0 atom stereocenters. The number of thiophene rings is 1. The summed E-state index contributed by atoms with van der Waals surface area (Å²) in [5.74, 6) is -0.489. The van der Waals surface area contributed by atoms with Crippen LogP contribution in [0.2, 0.25) is 0 Å². The molecule has 1 heterocycles. The van der Waals surface area contributed by atoms with E-state index in [1.165, 1.54) is 17.4 Å². The predicted octanol–water partition coefficient (Wildman–Crippen LogP) is 2.82. The molecule has 102 valence electrons. The first kappa shape index (κ1) is 14.0. The lowest BCUT2D eigenvalue weighted by Crippen LogP contribution is -2.48. The van der Waals surface area contributed by atoms with E-state index < -0.39 is 5.54 Å². The second kappa shape index (κ2) is 4.90. The number of benzene rings is 1. The average molecular weight is 280 g/mol. The summed E-state index contributed by atoms with van der Waals surface area (Å²) in [6, 6.07) is 4.88. The zero-order valence-electron chi connectivity index (χ0n) is 11.2. The molecule has 3 N–H and O–H groups in total. The van der Waals surface area contributed by atoms with E-state index >= 15 is 0 Å². The molecule has 0 fully saturated rings. The number of hydrogen-bond acceptors (Lipinski definition) is 3. The van der Waals surface area contributed by atoms with E-state index in [1.54, 1.807) is 13.0 Å². The minimum atomic E-state index is -0.474. The standard InChI is InChI=1S/C14H17FN2OS/c1-8-11-9(15)5-4-6-10(11)19-12(8)13(18)17-14(2,3)7-16/h4-6H,7,16H2,1-3H3,(H,17,18). The van der Waals surface area contributed by atoms with Crippen molar-refractivity contribution in [3.63, 3.8) is 0 Å². The van der Waals surface area contributed by atoms with Crippen LogP contribution in [0.3, 0.4) is 0 Å². The Labute approximate surface area is 115 Å².